The van der Waals surface area contributed by atoms with Crippen molar-refractivity contribution in [3.63, 3.8) is 0 Å². The number of anilines is 1. The molecular formula is C21H21N3O2S2. The van der Waals surface area contributed by atoms with Crippen LogP contribution in [0.1, 0.15) is 25.0 Å². The van der Waals surface area contributed by atoms with E-state index in [4.69, 9.17) is 12.2 Å². The van der Waals surface area contributed by atoms with Crippen molar-refractivity contribution in [1.82, 2.24) is 8.96 Å². The van der Waals surface area contributed by atoms with Crippen molar-refractivity contribution in [2.24, 2.45) is 0 Å². The van der Waals surface area contributed by atoms with Crippen LogP contribution >= 0.6 is 11.8 Å². The van der Waals surface area contributed by atoms with E-state index in [-0.39, 0.29) is 5.95 Å². The molecule has 0 fully saturated rings. The summed E-state index contributed by atoms with van der Waals surface area (Å²) < 4.78 is 26.6. The summed E-state index contributed by atoms with van der Waals surface area (Å²) >= 11 is 1.66. The maximum atomic E-state index is 12.8. The standard InChI is InChI=1S/C21H21N3O2S2/c1-5-6-18(15-7-10-17(27-4)11-8-15)16-9-12-19-20(13-16)24(21(22)23-19)28(25,26)14(2)3/h1,6-14H,2-4H3,(H2,22,23)/b18-6+. The number of thioether (sulfide) groups is 1. The first kappa shape index (κ1) is 20.1. The Hall–Kier alpha value is -2.69. The van der Waals surface area contributed by atoms with Crippen molar-refractivity contribution in [3.8, 4) is 12.3 Å². The zero-order chi connectivity index (χ0) is 20.5. The SMILES string of the molecule is C#C/C=C(\c1ccc(SC)cc1)c1ccc2nc(N)n(S(=O)(=O)C(C)C)c2c1. The second-order valence-corrected chi connectivity index (χ2v) is 9.70. The summed E-state index contributed by atoms with van der Waals surface area (Å²) in [5.74, 6) is 2.53. The first-order valence-corrected chi connectivity index (χ1v) is 11.4. The molecule has 0 bridgehead atoms. The van der Waals surface area contributed by atoms with E-state index in [1.165, 1.54) is 0 Å². The highest BCUT2D eigenvalue weighted by Gasteiger charge is 2.24. The summed E-state index contributed by atoms with van der Waals surface area (Å²) in [4.78, 5) is 5.35. The lowest BCUT2D eigenvalue weighted by Gasteiger charge is -2.12. The summed E-state index contributed by atoms with van der Waals surface area (Å²) in [5.41, 5.74) is 9.45. The number of fused-ring (bicyclic) bond motifs is 1. The molecule has 0 aliphatic heterocycles. The van der Waals surface area contributed by atoms with Gasteiger partial charge in [0, 0.05) is 4.90 Å². The molecule has 0 spiro atoms. The molecule has 0 amide bonds. The number of benzene rings is 2. The molecule has 3 aromatic rings. The Morgan fingerprint density at radius 3 is 2.43 bits per heavy atom. The molecule has 0 unspecified atom stereocenters. The van der Waals surface area contributed by atoms with E-state index in [2.05, 4.69) is 10.9 Å². The van der Waals surface area contributed by atoms with Crippen molar-refractivity contribution in [3.05, 3.63) is 59.7 Å². The Morgan fingerprint density at radius 2 is 1.86 bits per heavy atom. The van der Waals surface area contributed by atoms with Gasteiger partial charge in [0.25, 0.3) is 0 Å². The smallest absolute Gasteiger partial charge is 0.244 e. The number of hydrogen-bond acceptors (Lipinski definition) is 5. The fourth-order valence-corrected chi connectivity index (χ4v) is 4.46. The average Bonchev–Trinajstić information content (AvgIpc) is 3.01. The van der Waals surface area contributed by atoms with Crippen molar-refractivity contribution in [2.45, 2.75) is 24.0 Å². The van der Waals surface area contributed by atoms with E-state index in [9.17, 15) is 8.42 Å². The van der Waals surface area contributed by atoms with Gasteiger partial charge in [-0.25, -0.2) is 17.4 Å². The summed E-state index contributed by atoms with van der Waals surface area (Å²) in [7, 11) is -3.65. The third kappa shape index (κ3) is 3.53. The van der Waals surface area contributed by atoms with Crippen molar-refractivity contribution in [1.29, 1.82) is 0 Å². The molecule has 0 saturated carbocycles. The third-order valence-corrected chi connectivity index (χ3v) is 7.25. The molecule has 0 radical (unpaired) electrons. The highest BCUT2D eigenvalue weighted by atomic mass is 32.2. The Balaban J connectivity index is 2.22. The molecule has 0 atom stereocenters. The van der Waals surface area contributed by atoms with Crippen LogP contribution < -0.4 is 5.73 Å². The number of rotatable bonds is 5. The summed E-state index contributed by atoms with van der Waals surface area (Å²) in [6.45, 7) is 3.23. The van der Waals surface area contributed by atoms with Gasteiger partial charge in [-0.15, -0.1) is 18.2 Å². The molecule has 0 saturated heterocycles. The highest BCUT2D eigenvalue weighted by molar-refractivity contribution is 7.98. The van der Waals surface area contributed by atoms with Crippen LogP contribution in [0.4, 0.5) is 5.95 Å². The Morgan fingerprint density at radius 1 is 1.21 bits per heavy atom. The van der Waals surface area contributed by atoms with Gasteiger partial charge in [-0.2, -0.15) is 0 Å². The van der Waals surface area contributed by atoms with E-state index >= 15 is 0 Å². The van der Waals surface area contributed by atoms with Crippen LogP contribution in [0.15, 0.2) is 53.4 Å². The third-order valence-electron chi connectivity index (χ3n) is 4.43. The summed E-state index contributed by atoms with van der Waals surface area (Å²) in [5, 5.41) is -0.629. The predicted octanol–water partition coefficient (Wildman–Crippen LogP) is 3.99. The first-order valence-electron chi connectivity index (χ1n) is 8.63. The van der Waals surface area contributed by atoms with E-state index in [1.807, 2.05) is 36.6 Å². The van der Waals surface area contributed by atoms with Gasteiger partial charge in [-0.1, -0.05) is 24.1 Å². The lowest BCUT2D eigenvalue weighted by atomic mass is 9.97. The minimum absolute atomic E-state index is 0.0485. The number of hydrogen-bond donors (Lipinski definition) is 1. The molecule has 0 aliphatic carbocycles. The van der Waals surface area contributed by atoms with E-state index < -0.39 is 15.3 Å². The number of nitrogens with zero attached hydrogens (tertiary/aromatic N) is 2. The maximum Gasteiger partial charge on any atom is 0.244 e. The fraction of sp³-hybridized carbons (Fsp3) is 0.190. The van der Waals surface area contributed by atoms with Crippen LogP contribution in [-0.2, 0) is 10.0 Å². The molecule has 2 N–H and O–H groups in total. The number of imidazole rings is 1. The van der Waals surface area contributed by atoms with Crippen LogP contribution in [0, 0.1) is 12.3 Å². The van der Waals surface area contributed by atoms with Gasteiger partial charge in [-0.05, 0) is 67.1 Å². The zero-order valence-electron chi connectivity index (χ0n) is 15.9. The molecule has 144 valence electrons. The Kier molecular flexibility index (Phi) is 5.54. The molecule has 0 aliphatic rings. The van der Waals surface area contributed by atoms with Crippen LogP contribution in [-0.4, -0.2) is 28.9 Å². The van der Waals surface area contributed by atoms with E-state index in [0.29, 0.717) is 11.0 Å². The molecule has 2 aromatic carbocycles. The number of terminal acetylenes is 1. The highest BCUT2D eigenvalue weighted by Crippen LogP contribution is 2.30. The van der Waals surface area contributed by atoms with Crippen LogP contribution in [0.5, 0.6) is 0 Å². The van der Waals surface area contributed by atoms with Gasteiger partial charge >= 0.3 is 0 Å². The second-order valence-electron chi connectivity index (χ2n) is 6.48. The Bertz CT molecular complexity index is 1200. The van der Waals surface area contributed by atoms with Crippen molar-refractivity contribution >= 4 is 44.3 Å². The summed E-state index contributed by atoms with van der Waals surface area (Å²) in [6, 6.07) is 13.4. The molecule has 3 rings (SSSR count). The van der Waals surface area contributed by atoms with Gasteiger partial charge in [0.05, 0.1) is 16.3 Å². The van der Waals surface area contributed by atoms with E-state index in [1.54, 1.807) is 43.8 Å². The fourth-order valence-electron chi connectivity index (χ4n) is 2.91. The number of allylic oxidation sites excluding steroid dienone is 1. The minimum Gasteiger partial charge on any atom is -0.368 e. The second kappa shape index (κ2) is 7.74. The van der Waals surface area contributed by atoms with Crippen LogP contribution in [0.3, 0.4) is 0 Å². The van der Waals surface area contributed by atoms with Crippen molar-refractivity contribution in [2.75, 3.05) is 12.0 Å². The number of nitrogens with two attached hydrogens (primary N) is 1. The predicted molar refractivity (Wildman–Crippen MR) is 118 cm³/mol. The first-order chi connectivity index (χ1) is 13.3. The molecular weight excluding hydrogens is 390 g/mol. The molecule has 1 aromatic heterocycles. The molecule has 28 heavy (non-hydrogen) atoms. The van der Waals surface area contributed by atoms with Gasteiger partial charge in [0.1, 0.15) is 0 Å². The monoisotopic (exact) mass is 411 g/mol. The Labute approximate surface area is 169 Å². The van der Waals surface area contributed by atoms with Crippen LogP contribution in [0.2, 0.25) is 0 Å². The van der Waals surface area contributed by atoms with Gasteiger partial charge < -0.3 is 5.73 Å². The van der Waals surface area contributed by atoms with Crippen LogP contribution in [0.25, 0.3) is 16.6 Å². The lowest BCUT2D eigenvalue weighted by Crippen LogP contribution is -2.23. The summed E-state index contributed by atoms with van der Waals surface area (Å²) in [6.07, 6.45) is 9.24. The number of nitrogen functional groups attached to an aromatic ring is 1. The average molecular weight is 412 g/mol. The van der Waals surface area contributed by atoms with E-state index in [0.717, 1.165) is 25.6 Å². The topological polar surface area (TPSA) is 78.0 Å². The van der Waals surface area contributed by atoms with Gasteiger partial charge in [0.2, 0.25) is 16.0 Å². The van der Waals surface area contributed by atoms with Gasteiger partial charge in [0.15, 0.2) is 0 Å². The van der Waals surface area contributed by atoms with Gasteiger partial charge in [-0.3, -0.25) is 0 Å². The maximum absolute atomic E-state index is 12.8. The molecule has 1 heterocycles. The molecule has 7 heteroatoms. The van der Waals surface area contributed by atoms with Crippen molar-refractivity contribution < 1.29 is 8.42 Å². The zero-order valence-corrected chi connectivity index (χ0v) is 17.5. The normalized spacial score (nSPS) is 12.5. The minimum atomic E-state index is -3.65. The quantitative estimate of drug-likeness (QED) is 0.507. The largest absolute Gasteiger partial charge is 0.368 e. The lowest BCUT2D eigenvalue weighted by molar-refractivity contribution is 0.580. The number of aromatic nitrogens is 2. The molecule has 5 nitrogen and oxygen atoms in total.